The van der Waals surface area contributed by atoms with Crippen molar-refractivity contribution < 1.29 is 127 Å². The molecule has 0 saturated carbocycles. The summed E-state index contributed by atoms with van der Waals surface area (Å²) in [5, 5.41) is 0. The molecule has 51 heavy (non-hydrogen) atoms. The minimum absolute atomic E-state index is 0.150. The van der Waals surface area contributed by atoms with Gasteiger partial charge in [-0.1, -0.05) is 0 Å². The van der Waals surface area contributed by atoms with Gasteiger partial charge < -0.3 is 0 Å². The highest BCUT2D eigenvalue weighted by molar-refractivity contribution is 5.18. The molecule has 0 aliphatic heterocycles. The Kier molecular flexibility index (Phi) is 13.7. The molecule has 0 heterocycles. The zero-order valence-corrected chi connectivity index (χ0v) is 23.9. The average Bonchev–Trinajstić information content (AvgIpc) is 2.96. The van der Waals surface area contributed by atoms with Crippen LogP contribution < -0.4 is 0 Å². The molecule has 10 atom stereocenters. The van der Waals surface area contributed by atoms with Crippen LogP contribution in [0.1, 0.15) is 20.3 Å². The van der Waals surface area contributed by atoms with E-state index in [-0.39, 0.29) is 6.92 Å². The van der Waals surface area contributed by atoms with Crippen LogP contribution in [0.25, 0.3) is 0 Å². The fourth-order valence-electron chi connectivity index (χ4n) is 3.63. The number of hydrogen-bond donors (Lipinski definition) is 0. The largest absolute Gasteiger partial charge is 0.460 e. The normalized spacial score (nSPS) is 21.9. The van der Waals surface area contributed by atoms with Gasteiger partial charge in [0.2, 0.25) is 0 Å². The first-order valence-corrected chi connectivity index (χ1v) is 12.5. The van der Waals surface area contributed by atoms with Gasteiger partial charge in [-0.15, -0.1) is 0 Å². The van der Waals surface area contributed by atoms with Crippen molar-refractivity contribution in [2.75, 3.05) is 0 Å². The summed E-state index contributed by atoms with van der Waals surface area (Å²) in [6.45, 7) is -1.28. The summed E-state index contributed by atoms with van der Waals surface area (Å²) in [5.74, 6) is -72.0. The summed E-state index contributed by atoms with van der Waals surface area (Å²) in [7, 11) is 0. The van der Waals surface area contributed by atoms with Gasteiger partial charge in [-0.2, -0.15) is 83.4 Å². The Morgan fingerprint density at radius 1 is 0.314 bits per heavy atom. The second-order valence-corrected chi connectivity index (χ2v) is 10.8. The number of alkyl halides is 29. The van der Waals surface area contributed by atoms with Gasteiger partial charge in [0.15, 0.2) is 48.9 Å². The highest BCUT2D eigenvalue weighted by atomic mass is 19.4. The van der Waals surface area contributed by atoms with Crippen molar-refractivity contribution >= 4 is 0 Å². The molecule has 0 N–H and O–H groups in total. The Hall–Kier alpha value is -2.03. The molecular weight excluding hydrogens is 815 g/mol. The molecule has 29 heteroatoms. The van der Waals surface area contributed by atoms with Crippen molar-refractivity contribution in [3.8, 4) is 0 Å². The van der Waals surface area contributed by atoms with E-state index >= 15 is 0 Å². The van der Waals surface area contributed by atoms with Crippen molar-refractivity contribution in [1.29, 1.82) is 0 Å². The molecule has 0 aromatic heterocycles. The Bertz CT molecular complexity index is 1140. The molecule has 0 aliphatic rings. The predicted molar refractivity (Wildman–Crippen MR) is 109 cm³/mol. The van der Waals surface area contributed by atoms with Gasteiger partial charge in [-0.3, -0.25) is 0 Å². The summed E-state index contributed by atoms with van der Waals surface area (Å²) in [5.41, 5.74) is -6.31. The fraction of sp³-hybridized carbons (Fsp3) is 1.00. The van der Waals surface area contributed by atoms with Crippen LogP contribution in [0.4, 0.5) is 127 Å². The van der Waals surface area contributed by atoms with Gasteiger partial charge in [0.05, 0.1) is 0 Å². The Balaban J connectivity index is 6.67. The molecular formula is C22H17F29. The third-order valence-electron chi connectivity index (χ3n) is 6.96. The molecule has 0 nitrogen and oxygen atoms in total. The van der Waals surface area contributed by atoms with Crippen molar-refractivity contribution in [1.82, 2.24) is 0 Å². The molecule has 0 radical (unpaired) electrons. The van der Waals surface area contributed by atoms with E-state index in [1.165, 1.54) is 0 Å². The average molecular weight is 832 g/mol. The third-order valence-corrected chi connectivity index (χ3v) is 6.96. The zero-order chi connectivity index (χ0) is 41.9. The number of halogens is 29. The molecule has 0 rings (SSSR count). The maximum atomic E-state index is 14.6. The molecule has 10 unspecified atom stereocenters. The molecule has 0 amide bonds. The van der Waals surface area contributed by atoms with E-state index in [0.717, 1.165) is 0 Å². The third kappa shape index (κ3) is 7.54. The van der Waals surface area contributed by atoms with Gasteiger partial charge in [0.25, 0.3) is 0 Å². The maximum Gasteiger partial charge on any atom is 0.460 e. The Labute approximate surface area is 263 Å². The fourth-order valence-corrected chi connectivity index (χ4v) is 3.63. The van der Waals surface area contributed by atoms with Crippen LogP contribution in [0.15, 0.2) is 0 Å². The molecule has 0 aromatic rings. The van der Waals surface area contributed by atoms with E-state index in [9.17, 15) is 127 Å². The first kappa shape index (κ1) is 49.0. The lowest BCUT2D eigenvalue weighted by Crippen LogP contribution is -2.77. The van der Waals surface area contributed by atoms with Crippen LogP contribution in [0.3, 0.4) is 0 Å². The number of rotatable bonds is 18. The SMILES string of the molecule is CC(F)C(F)C(F)C(F)C(F)C(F)C(F)C(F)C(F)CC(C)(F)C(F)(F)C(F)(F)C(F)(F)C(F)(F)C(F)(F)C(F)(F)C(F)(F)C(F)(F)C(F)(F)F. The van der Waals surface area contributed by atoms with Crippen LogP contribution in [0, 0.1) is 0 Å². The first-order valence-electron chi connectivity index (χ1n) is 12.5. The minimum Gasteiger partial charge on any atom is -0.244 e. The summed E-state index contributed by atoms with van der Waals surface area (Å²) in [6.07, 6.45) is -50.5. The molecule has 308 valence electrons. The lowest BCUT2D eigenvalue weighted by atomic mass is 9.81. The van der Waals surface area contributed by atoms with E-state index < -0.39 is 128 Å². The van der Waals surface area contributed by atoms with Gasteiger partial charge in [-0.25, -0.2) is 43.9 Å². The summed E-state index contributed by atoms with van der Waals surface area (Å²) in [4.78, 5) is 0. The lowest BCUT2D eigenvalue weighted by Gasteiger charge is -2.45. The van der Waals surface area contributed by atoms with Crippen molar-refractivity contribution in [3.63, 3.8) is 0 Å². The van der Waals surface area contributed by atoms with E-state index in [1.807, 2.05) is 0 Å². The minimum atomic E-state index is -9.40. The van der Waals surface area contributed by atoms with Crippen molar-refractivity contribution in [2.24, 2.45) is 0 Å². The smallest absolute Gasteiger partial charge is 0.244 e. The second-order valence-electron chi connectivity index (χ2n) is 10.8. The van der Waals surface area contributed by atoms with Gasteiger partial charge >= 0.3 is 53.6 Å². The van der Waals surface area contributed by atoms with E-state index in [2.05, 4.69) is 0 Å². The van der Waals surface area contributed by atoms with Crippen molar-refractivity contribution in [3.05, 3.63) is 0 Å². The van der Waals surface area contributed by atoms with Gasteiger partial charge in [-0.05, 0) is 13.8 Å². The summed E-state index contributed by atoms with van der Waals surface area (Å²) < 4.78 is 392. The summed E-state index contributed by atoms with van der Waals surface area (Å²) in [6, 6.07) is 0. The number of hydrogen-bond acceptors (Lipinski definition) is 0. The summed E-state index contributed by atoms with van der Waals surface area (Å²) >= 11 is 0. The topological polar surface area (TPSA) is 0 Å². The van der Waals surface area contributed by atoms with Gasteiger partial charge in [0, 0.05) is 6.42 Å². The molecule has 0 saturated heterocycles. The van der Waals surface area contributed by atoms with Crippen LogP contribution in [-0.4, -0.2) is 115 Å². The van der Waals surface area contributed by atoms with Crippen molar-refractivity contribution in [2.45, 2.75) is 135 Å². The lowest BCUT2D eigenvalue weighted by molar-refractivity contribution is -0.471. The van der Waals surface area contributed by atoms with E-state index in [0.29, 0.717) is 0 Å². The highest BCUT2D eigenvalue weighted by Gasteiger charge is 2.97. The van der Waals surface area contributed by atoms with Crippen LogP contribution in [-0.2, 0) is 0 Å². The first-order chi connectivity index (χ1) is 22.0. The highest BCUT2D eigenvalue weighted by Crippen LogP contribution is 2.66. The monoisotopic (exact) mass is 832 g/mol. The Morgan fingerprint density at radius 3 is 0.784 bits per heavy atom. The quantitative estimate of drug-likeness (QED) is 0.121. The van der Waals surface area contributed by atoms with E-state index in [1.54, 1.807) is 0 Å². The molecule has 0 aliphatic carbocycles. The standard InChI is InChI=1S/C22H17F29/c1-4(23)6(25)8(27)10(29)12(31)11(30)9(28)7(26)5(24)3-13(2,32)14(33,34)15(35,36)16(37,38)17(39,40)18(41,42)19(43,44)20(45,46)21(47,48)22(49,50)51/h4-12H,3H2,1-2H3. The van der Waals surface area contributed by atoms with Crippen LogP contribution >= 0.6 is 0 Å². The Morgan fingerprint density at radius 2 is 0.529 bits per heavy atom. The molecule has 0 aromatic carbocycles. The predicted octanol–water partition coefficient (Wildman–Crippen LogP) is 10.8. The maximum absolute atomic E-state index is 14.6. The zero-order valence-electron chi connectivity index (χ0n) is 23.9. The molecule has 0 bridgehead atoms. The van der Waals surface area contributed by atoms with E-state index in [4.69, 9.17) is 0 Å². The van der Waals surface area contributed by atoms with Crippen LogP contribution in [0.2, 0.25) is 0 Å². The molecule has 0 fully saturated rings. The van der Waals surface area contributed by atoms with Crippen LogP contribution in [0.5, 0.6) is 0 Å². The molecule has 0 spiro atoms. The second kappa shape index (κ2) is 14.3. The van der Waals surface area contributed by atoms with Gasteiger partial charge in [0.1, 0.15) is 12.3 Å².